The number of pyridine rings is 2. The van der Waals surface area contributed by atoms with E-state index in [0.29, 0.717) is 16.9 Å². The highest BCUT2D eigenvalue weighted by Gasteiger charge is 2.27. The first kappa shape index (κ1) is 49.5. The zero-order valence-corrected chi connectivity index (χ0v) is 47.1. The summed E-state index contributed by atoms with van der Waals surface area (Å²) < 4.78 is 9.33. The van der Waals surface area contributed by atoms with E-state index < -0.39 is 0 Å². The average Bonchev–Trinajstić information content (AvgIpc) is 1.71. The first-order valence-electron chi connectivity index (χ1n) is 29.2. The molecule has 404 valence electrons. The molecule has 0 bridgehead atoms. The molecule has 8 heteroatoms. The molecule has 6 heterocycles. The van der Waals surface area contributed by atoms with Gasteiger partial charge >= 0.3 is 0 Å². The van der Waals surface area contributed by atoms with Gasteiger partial charge in [-0.2, -0.15) is 10.5 Å². The van der Waals surface area contributed by atoms with Crippen molar-refractivity contribution in [2.45, 2.75) is 6.92 Å². The van der Waals surface area contributed by atoms with Crippen LogP contribution in [0.25, 0.3) is 155 Å². The largest absolute Gasteiger partial charge is 0.309 e. The Bertz CT molecular complexity index is 5750. The maximum absolute atomic E-state index is 10.3. The maximum Gasteiger partial charge on any atom is 0.163 e. The van der Waals surface area contributed by atoms with E-state index in [-0.39, 0.29) is 0 Å². The second kappa shape index (κ2) is 19.5. The first-order chi connectivity index (χ1) is 43.0. The third kappa shape index (κ3) is 7.69. The van der Waals surface area contributed by atoms with Crippen LogP contribution in [-0.2, 0) is 0 Å². The third-order valence-corrected chi connectivity index (χ3v) is 17.5. The first-order valence-corrected chi connectivity index (χ1v) is 29.2. The summed E-state index contributed by atoms with van der Waals surface area (Å²) >= 11 is 0. The monoisotopic (exact) mass is 1110 g/mol. The summed E-state index contributed by atoms with van der Waals surface area (Å²) in [5.41, 5.74) is 21.2. The van der Waals surface area contributed by atoms with E-state index in [1.807, 2.05) is 37.3 Å². The molecule has 0 aliphatic carbocycles. The van der Waals surface area contributed by atoms with Gasteiger partial charge in [0.1, 0.15) is 0 Å². The van der Waals surface area contributed by atoms with Crippen molar-refractivity contribution in [1.82, 2.24) is 28.2 Å². The number of nitriles is 2. The molecular weight excluding hydrogens is 1060 g/mol. The van der Waals surface area contributed by atoms with Crippen molar-refractivity contribution >= 4 is 87.2 Å². The maximum atomic E-state index is 10.3. The highest BCUT2D eigenvalue weighted by atomic mass is 15.1. The second-order valence-corrected chi connectivity index (χ2v) is 22.4. The molecule has 0 fully saturated rings. The van der Waals surface area contributed by atoms with Crippen LogP contribution in [-0.4, -0.2) is 28.2 Å². The van der Waals surface area contributed by atoms with Gasteiger partial charge in [0.25, 0.3) is 0 Å². The van der Waals surface area contributed by atoms with Gasteiger partial charge in [0.15, 0.2) is 5.82 Å². The van der Waals surface area contributed by atoms with Gasteiger partial charge < -0.3 is 13.7 Å². The van der Waals surface area contributed by atoms with Crippen LogP contribution >= 0.6 is 0 Å². The lowest BCUT2D eigenvalue weighted by atomic mass is 9.94. The van der Waals surface area contributed by atoms with E-state index in [1.165, 1.54) is 32.6 Å². The Balaban J connectivity index is 0.869. The number of aryl methyl sites for hydroxylation is 1. The Morgan fingerprint density at radius 3 is 1.24 bits per heavy atom. The molecule has 11 aromatic carbocycles. The second-order valence-electron chi connectivity index (χ2n) is 22.4. The van der Waals surface area contributed by atoms with Crippen LogP contribution in [0.3, 0.4) is 0 Å². The Hall–Kier alpha value is -12.1. The minimum absolute atomic E-state index is 0.578. The van der Waals surface area contributed by atoms with Crippen LogP contribution in [0.4, 0.5) is 0 Å². The van der Waals surface area contributed by atoms with E-state index in [2.05, 4.69) is 273 Å². The van der Waals surface area contributed by atoms with Crippen molar-refractivity contribution in [3.63, 3.8) is 0 Å². The standard InChI is InChI=1S/C79H48N8/c1-49-15-14-23-68(82-49)58-17-3-2-16-57(58)67-46-69(83-79(87-74-28-13-8-21-62(74)65-44-51(48-81)30-41-77(65)87)78(67)86-73-27-12-7-20-61(73)64-43-50(47-80)29-40-76(64)86)53-33-38-56(39-34-53)85-72-26-11-6-22-63(72)66-45-54(35-42-75(66)85)52-31-36-55(37-32-52)84-70-24-9-4-18-59(70)60-19-5-10-25-71(60)84/h2-46H,1H3. The topological polar surface area (TPSA) is 93.1 Å². The van der Waals surface area contributed by atoms with Crippen LogP contribution in [0.2, 0.25) is 0 Å². The lowest BCUT2D eigenvalue weighted by Gasteiger charge is -2.22. The number of aromatic nitrogens is 6. The molecule has 0 radical (unpaired) electrons. The lowest BCUT2D eigenvalue weighted by molar-refractivity contribution is 1.03. The lowest BCUT2D eigenvalue weighted by Crippen LogP contribution is -2.09. The summed E-state index contributed by atoms with van der Waals surface area (Å²) in [5.74, 6) is 0.695. The molecule has 8 nitrogen and oxygen atoms in total. The van der Waals surface area contributed by atoms with Crippen LogP contribution in [0, 0.1) is 29.6 Å². The highest BCUT2D eigenvalue weighted by molar-refractivity contribution is 6.14. The molecule has 0 saturated carbocycles. The predicted molar refractivity (Wildman–Crippen MR) is 355 cm³/mol. The number of hydrogen-bond donors (Lipinski definition) is 0. The van der Waals surface area contributed by atoms with Gasteiger partial charge in [-0.05, 0) is 145 Å². The van der Waals surface area contributed by atoms with Gasteiger partial charge in [-0.3, -0.25) is 9.55 Å². The zero-order valence-electron chi connectivity index (χ0n) is 47.1. The molecule has 0 unspecified atom stereocenters. The van der Waals surface area contributed by atoms with Gasteiger partial charge in [-0.25, -0.2) is 4.98 Å². The third-order valence-electron chi connectivity index (χ3n) is 17.5. The van der Waals surface area contributed by atoms with Gasteiger partial charge in [-0.1, -0.05) is 152 Å². The van der Waals surface area contributed by atoms with Crippen LogP contribution in [0.1, 0.15) is 16.8 Å². The predicted octanol–water partition coefficient (Wildman–Crippen LogP) is 19.6. The molecule has 0 spiro atoms. The van der Waals surface area contributed by atoms with Gasteiger partial charge in [-0.15, -0.1) is 0 Å². The fourth-order valence-corrected chi connectivity index (χ4v) is 13.7. The normalized spacial score (nSPS) is 11.7. The Labute approximate surface area is 499 Å². The Morgan fingerprint density at radius 1 is 0.287 bits per heavy atom. The summed E-state index contributed by atoms with van der Waals surface area (Å²) in [4.78, 5) is 11.0. The van der Waals surface area contributed by atoms with Crippen molar-refractivity contribution < 1.29 is 0 Å². The molecular formula is C79H48N8. The smallest absolute Gasteiger partial charge is 0.163 e. The van der Waals surface area contributed by atoms with Crippen molar-refractivity contribution in [2.24, 2.45) is 0 Å². The molecule has 0 N–H and O–H groups in total. The van der Waals surface area contributed by atoms with E-state index >= 15 is 0 Å². The molecule has 6 aromatic heterocycles. The van der Waals surface area contributed by atoms with Crippen LogP contribution in [0.5, 0.6) is 0 Å². The quantitative estimate of drug-likeness (QED) is 0.151. The van der Waals surface area contributed by atoms with Crippen molar-refractivity contribution in [2.75, 3.05) is 0 Å². The Morgan fingerprint density at radius 2 is 0.701 bits per heavy atom. The number of rotatable bonds is 8. The summed E-state index contributed by atoms with van der Waals surface area (Å²) in [6, 6.07) is 101. The van der Waals surface area contributed by atoms with E-state index in [0.717, 1.165) is 122 Å². The SMILES string of the molecule is Cc1cccc(-c2ccccc2-c2cc(-c3ccc(-n4c5ccccc5c5cc(-c6ccc(-n7c8ccccc8c8ccccc87)cc6)ccc54)cc3)nc(-n3c4ccccc4c4cc(C#N)ccc43)c2-n2c3ccccc3c3cc(C#N)ccc32)n1. The van der Waals surface area contributed by atoms with Crippen LogP contribution in [0.15, 0.2) is 273 Å². The van der Waals surface area contributed by atoms with Crippen molar-refractivity contribution in [3.05, 3.63) is 290 Å². The number of fused-ring (bicyclic) bond motifs is 12. The minimum atomic E-state index is 0.578. The van der Waals surface area contributed by atoms with E-state index in [4.69, 9.17) is 9.97 Å². The van der Waals surface area contributed by atoms with Gasteiger partial charge in [0.2, 0.25) is 0 Å². The van der Waals surface area contributed by atoms with Crippen LogP contribution < -0.4 is 0 Å². The zero-order chi connectivity index (χ0) is 57.9. The minimum Gasteiger partial charge on any atom is -0.309 e. The van der Waals surface area contributed by atoms with E-state index in [1.54, 1.807) is 0 Å². The molecule has 0 atom stereocenters. The molecule has 0 amide bonds. The molecule has 87 heavy (non-hydrogen) atoms. The summed E-state index contributed by atoms with van der Waals surface area (Å²) in [6.07, 6.45) is 0. The molecule has 0 aliphatic rings. The number of hydrogen-bond acceptors (Lipinski definition) is 4. The molecule has 17 rings (SSSR count). The molecule has 0 saturated heterocycles. The van der Waals surface area contributed by atoms with E-state index in [9.17, 15) is 10.5 Å². The number of para-hydroxylation sites is 5. The van der Waals surface area contributed by atoms with Crippen molar-refractivity contribution in [1.29, 1.82) is 10.5 Å². The molecule has 17 aromatic rings. The molecule has 0 aliphatic heterocycles. The number of nitrogens with zero attached hydrogens (tertiary/aromatic N) is 8. The number of benzene rings is 11. The Kier molecular flexibility index (Phi) is 11.1. The highest BCUT2D eigenvalue weighted by Crippen LogP contribution is 2.46. The van der Waals surface area contributed by atoms with Gasteiger partial charge in [0.05, 0.1) is 84.5 Å². The fraction of sp³-hybridized carbons (Fsp3) is 0.0127. The summed E-state index contributed by atoms with van der Waals surface area (Å²) in [5, 5.41) is 29.3. The average molecular weight is 1110 g/mol. The van der Waals surface area contributed by atoms with Crippen molar-refractivity contribution in [3.8, 4) is 79.8 Å². The summed E-state index contributed by atoms with van der Waals surface area (Å²) in [7, 11) is 0. The van der Waals surface area contributed by atoms with Gasteiger partial charge in [0, 0.05) is 76.8 Å². The fourth-order valence-electron chi connectivity index (χ4n) is 13.7. The summed E-state index contributed by atoms with van der Waals surface area (Å²) in [6.45, 7) is 2.03.